The molecular formula is C24H27FN6O3. The molecule has 0 saturated carbocycles. The molecular weight excluding hydrogens is 439 g/mol. The number of amides is 2. The molecule has 1 aliphatic carbocycles. The van der Waals surface area contributed by atoms with Crippen LogP contribution in [0.3, 0.4) is 0 Å². The van der Waals surface area contributed by atoms with Gasteiger partial charge in [0.05, 0.1) is 24.0 Å². The van der Waals surface area contributed by atoms with Crippen LogP contribution < -0.4 is 15.4 Å². The van der Waals surface area contributed by atoms with E-state index in [0.717, 1.165) is 31.6 Å². The van der Waals surface area contributed by atoms with Gasteiger partial charge in [0, 0.05) is 25.2 Å². The van der Waals surface area contributed by atoms with Gasteiger partial charge >= 0.3 is 0 Å². The molecule has 0 aromatic carbocycles. The van der Waals surface area contributed by atoms with Crippen LogP contribution in [0.4, 0.5) is 10.2 Å². The molecule has 3 atom stereocenters. The Balaban J connectivity index is 1.06. The van der Waals surface area contributed by atoms with E-state index in [0.29, 0.717) is 42.7 Å². The van der Waals surface area contributed by atoms with E-state index in [9.17, 15) is 14.0 Å². The highest BCUT2D eigenvalue weighted by molar-refractivity contribution is 6.27. The molecule has 1 aromatic rings. The summed E-state index contributed by atoms with van der Waals surface area (Å²) in [5, 5.41) is 6.31. The van der Waals surface area contributed by atoms with Crippen LogP contribution in [0.2, 0.25) is 0 Å². The van der Waals surface area contributed by atoms with Gasteiger partial charge in [-0.1, -0.05) is 6.08 Å². The van der Waals surface area contributed by atoms with Gasteiger partial charge in [0.15, 0.2) is 18.2 Å². The fraction of sp³-hybridized carbons (Fsp3) is 0.500. The molecule has 0 spiro atoms. The average molecular weight is 467 g/mol. The maximum atomic E-state index is 14.7. The number of carbonyl (C=O) groups is 2. The molecule has 0 bridgehead atoms. The fourth-order valence-electron chi connectivity index (χ4n) is 5.64. The van der Waals surface area contributed by atoms with Crippen LogP contribution in [-0.4, -0.2) is 83.2 Å². The number of halogens is 1. The van der Waals surface area contributed by atoms with Crippen molar-refractivity contribution in [1.29, 1.82) is 0 Å². The highest BCUT2D eigenvalue weighted by Crippen LogP contribution is 2.37. The largest absolute Gasteiger partial charge is 0.480 e. The molecule has 34 heavy (non-hydrogen) atoms. The number of pyridine rings is 1. The Kier molecular flexibility index (Phi) is 5.41. The first kappa shape index (κ1) is 21.4. The summed E-state index contributed by atoms with van der Waals surface area (Å²) in [6.07, 6.45) is 7.22. The summed E-state index contributed by atoms with van der Waals surface area (Å²) in [6, 6.07) is 3.77. The number of aromatic nitrogens is 1. The van der Waals surface area contributed by atoms with Gasteiger partial charge in [0.25, 0.3) is 11.8 Å². The van der Waals surface area contributed by atoms with Crippen LogP contribution in [0.25, 0.3) is 0 Å². The number of allylic oxidation sites excluding steroid dienone is 2. The molecule has 1 aromatic heterocycles. The van der Waals surface area contributed by atoms with Crippen LogP contribution in [-0.2, 0) is 16.1 Å². The first-order valence-corrected chi connectivity index (χ1v) is 11.9. The third-order valence-electron chi connectivity index (χ3n) is 7.42. The number of fused-ring (bicyclic) bond motifs is 1. The number of likely N-dealkylation sites (tertiary alicyclic amines) is 1. The minimum Gasteiger partial charge on any atom is -0.480 e. The maximum absolute atomic E-state index is 14.7. The van der Waals surface area contributed by atoms with Crippen LogP contribution in [0.15, 0.2) is 40.7 Å². The molecule has 4 aliphatic heterocycles. The predicted octanol–water partition coefficient (Wildman–Crippen LogP) is 1.18. The van der Waals surface area contributed by atoms with Crippen molar-refractivity contribution in [2.45, 2.75) is 50.0 Å². The fourth-order valence-corrected chi connectivity index (χ4v) is 5.64. The number of rotatable bonds is 4. The van der Waals surface area contributed by atoms with Gasteiger partial charge in [0.2, 0.25) is 0 Å². The van der Waals surface area contributed by atoms with Crippen molar-refractivity contribution in [3.63, 3.8) is 0 Å². The molecule has 2 saturated heterocycles. The van der Waals surface area contributed by atoms with Crippen molar-refractivity contribution in [2.24, 2.45) is 4.99 Å². The van der Waals surface area contributed by atoms with Crippen molar-refractivity contribution in [2.75, 3.05) is 31.6 Å². The number of piperidine rings is 2. The topological polar surface area (TPSA) is 99.2 Å². The van der Waals surface area contributed by atoms with Gasteiger partial charge in [-0.05, 0) is 56.1 Å². The van der Waals surface area contributed by atoms with Crippen molar-refractivity contribution in [3.8, 4) is 5.75 Å². The quantitative estimate of drug-likeness (QED) is 0.692. The molecule has 2 N–H and O–H groups in total. The summed E-state index contributed by atoms with van der Waals surface area (Å²) in [5.74, 6) is 0.537. The Hall–Kier alpha value is -3.11. The third-order valence-corrected chi connectivity index (χ3v) is 7.42. The number of hydrogen-bond acceptors (Lipinski definition) is 7. The molecule has 178 valence electrons. The summed E-state index contributed by atoms with van der Waals surface area (Å²) in [5.41, 5.74) is 1.56. The SMILES string of the molecule is O=C1COc2ccc(CNC3CCN(C4CC5=C(F)C=CC6N=CC(=O)N(C4)C56)CC3)nc2N1. The number of carbonyl (C=O) groups excluding carboxylic acids is 2. The smallest absolute Gasteiger partial charge is 0.265 e. The molecule has 5 aliphatic rings. The lowest BCUT2D eigenvalue weighted by Gasteiger charge is -2.49. The number of ether oxygens (including phenoxy) is 1. The maximum Gasteiger partial charge on any atom is 0.265 e. The summed E-state index contributed by atoms with van der Waals surface area (Å²) >= 11 is 0. The summed E-state index contributed by atoms with van der Waals surface area (Å²) < 4.78 is 20.0. The van der Waals surface area contributed by atoms with E-state index < -0.39 is 0 Å². The predicted molar refractivity (Wildman–Crippen MR) is 123 cm³/mol. The zero-order valence-electron chi connectivity index (χ0n) is 18.7. The highest BCUT2D eigenvalue weighted by atomic mass is 19.1. The van der Waals surface area contributed by atoms with Crippen LogP contribution >= 0.6 is 0 Å². The third kappa shape index (κ3) is 3.90. The average Bonchev–Trinajstić information content (AvgIpc) is 2.86. The summed E-state index contributed by atoms with van der Waals surface area (Å²) in [6.45, 7) is 3.01. The second-order valence-electron chi connectivity index (χ2n) is 9.47. The molecule has 0 radical (unpaired) electrons. The Morgan fingerprint density at radius 1 is 1.24 bits per heavy atom. The van der Waals surface area contributed by atoms with Crippen molar-refractivity contribution in [1.82, 2.24) is 20.1 Å². The lowest BCUT2D eigenvalue weighted by Crippen LogP contribution is -2.61. The number of nitrogens with one attached hydrogen (secondary N) is 2. The first-order chi connectivity index (χ1) is 16.5. The molecule has 2 fully saturated rings. The van der Waals surface area contributed by atoms with Gasteiger partial charge in [-0.25, -0.2) is 9.37 Å². The second-order valence-corrected chi connectivity index (χ2v) is 9.47. The zero-order chi connectivity index (χ0) is 23.2. The normalized spacial score (nSPS) is 29.0. The number of aliphatic imine (C=N–C) groups is 1. The van der Waals surface area contributed by atoms with Crippen LogP contribution in [0.1, 0.15) is 25.0 Å². The Labute approximate surface area is 196 Å². The van der Waals surface area contributed by atoms with Crippen LogP contribution in [0, 0.1) is 0 Å². The van der Waals surface area contributed by atoms with Gasteiger partial charge in [-0.15, -0.1) is 0 Å². The summed E-state index contributed by atoms with van der Waals surface area (Å²) in [4.78, 5) is 37.0. The minimum absolute atomic E-state index is 0.0211. The van der Waals surface area contributed by atoms with E-state index in [1.165, 1.54) is 12.3 Å². The number of nitrogens with zero attached hydrogens (tertiary/aromatic N) is 4. The molecule has 6 rings (SSSR count). The van der Waals surface area contributed by atoms with E-state index in [4.69, 9.17) is 4.74 Å². The molecule has 2 amide bonds. The van der Waals surface area contributed by atoms with E-state index in [1.807, 2.05) is 12.1 Å². The van der Waals surface area contributed by atoms with Gasteiger partial charge in [0.1, 0.15) is 5.83 Å². The molecule has 10 heteroatoms. The zero-order valence-corrected chi connectivity index (χ0v) is 18.7. The van der Waals surface area contributed by atoms with Crippen molar-refractivity contribution < 1.29 is 18.7 Å². The van der Waals surface area contributed by atoms with Gasteiger partial charge < -0.3 is 20.3 Å². The van der Waals surface area contributed by atoms with E-state index in [2.05, 4.69) is 25.5 Å². The van der Waals surface area contributed by atoms with E-state index >= 15 is 0 Å². The Morgan fingerprint density at radius 3 is 2.94 bits per heavy atom. The summed E-state index contributed by atoms with van der Waals surface area (Å²) in [7, 11) is 0. The van der Waals surface area contributed by atoms with Crippen molar-refractivity contribution in [3.05, 3.63) is 41.4 Å². The van der Waals surface area contributed by atoms with Gasteiger partial charge in [-0.3, -0.25) is 19.5 Å². The first-order valence-electron chi connectivity index (χ1n) is 11.9. The Bertz CT molecular complexity index is 1110. The highest BCUT2D eigenvalue weighted by Gasteiger charge is 2.44. The van der Waals surface area contributed by atoms with E-state index in [1.54, 1.807) is 11.0 Å². The van der Waals surface area contributed by atoms with E-state index in [-0.39, 0.29) is 42.4 Å². The molecule has 3 unspecified atom stereocenters. The minimum atomic E-state index is -0.266. The number of anilines is 1. The second kappa shape index (κ2) is 8.59. The lowest BCUT2D eigenvalue weighted by atomic mass is 9.82. The lowest BCUT2D eigenvalue weighted by molar-refractivity contribution is -0.128. The van der Waals surface area contributed by atoms with Gasteiger partial charge in [-0.2, -0.15) is 0 Å². The van der Waals surface area contributed by atoms with Crippen LogP contribution in [0.5, 0.6) is 5.75 Å². The molecule has 5 heterocycles. The standard InChI is InChI=1S/C24H27FN6O3/c25-18-2-3-19-23-17(18)9-16(12-31(23)22(33)11-27-19)30-7-5-14(6-8-30)26-10-15-1-4-20-24(28-15)29-21(32)13-34-20/h1-4,11,14,16,19,23,26H,5-10,12-13H2,(H,28,29,32). The monoisotopic (exact) mass is 466 g/mol. The van der Waals surface area contributed by atoms with Crippen molar-refractivity contribution >= 4 is 23.8 Å². The Morgan fingerprint density at radius 2 is 2.09 bits per heavy atom. The number of hydrogen-bond donors (Lipinski definition) is 2. The molecule has 9 nitrogen and oxygen atoms in total.